The van der Waals surface area contributed by atoms with Crippen molar-refractivity contribution in [3.8, 4) is 0 Å². The van der Waals surface area contributed by atoms with E-state index in [4.69, 9.17) is 0 Å². The molecule has 1 aromatic rings. The predicted molar refractivity (Wildman–Crippen MR) is 83.1 cm³/mol. The lowest BCUT2D eigenvalue weighted by Crippen LogP contribution is -2.42. The fourth-order valence-electron chi connectivity index (χ4n) is 2.80. The molecule has 1 aromatic heterocycles. The minimum Gasteiger partial charge on any atom is -0.356 e. The van der Waals surface area contributed by atoms with Gasteiger partial charge in [0.25, 0.3) is 0 Å². The summed E-state index contributed by atoms with van der Waals surface area (Å²) in [5.74, 6) is 0.935. The molecule has 2 N–H and O–H groups in total. The van der Waals surface area contributed by atoms with E-state index in [1.807, 2.05) is 14.0 Å². The van der Waals surface area contributed by atoms with Crippen LogP contribution in [0.25, 0.3) is 0 Å². The molecule has 0 amide bonds. The quantitative estimate of drug-likeness (QED) is 0.492. The molecule has 5 heteroatoms. The molecule has 112 valence electrons. The van der Waals surface area contributed by atoms with E-state index in [2.05, 4.69) is 38.4 Å². The number of guanidine groups is 1. The summed E-state index contributed by atoms with van der Waals surface area (Å²) < 4.78 is 2.07. The molecule has 0 aromatic carbocycles. The minimum absolute atomic E-state index is 0.609. The van der Waals surface area contributed by atoms with Crippen LogP contribution < -0.4 is 10.6 Å². The Morgan fingerprint density at radius 2 is 2.15 bits per heavy atom. The molecule has 0 radical (unpaired) electrons. The molecule has 20 heavy (non-hydrogen) atoms. The highest BCUT2D eigenvalue weighted by atomic mass is 15.3. The zero-order valence-corrected chi connectivity index (χ0v) is 12.9. The van der Waals surface area contributed by atoms with Crippen molar-refractivity contribution in [2.75, 3.05) is 13.6 Å². The molecule has 5 nitrogen and oxygen atoms in total. The van der Waals surface area contributed by atoms with Gasteiger partial charge in [0, 0.05) is 31.9 Å². The average molecular weight is 277 g/mol. The van der Waals surface area contributed by atoms with Crippen molar-refractivity contribution >= 4 is 5.96 Å². The summed E-state index contributed by atoms with van der Waals surface area (Å²) in [6.07, 6.45) is 6.27. The van der Waals surface area contributed by atoms with Gasteiger partial charge in [0.1, 0.15) is 0 Å². The maximum atomic E-state index is 4.47. The Morgan fingerprint density at radius 3 is 2.75 bits per heavy atom. The van der Waals surface area contributed by atoms with Gasteiger partial charge in [-0.3, -0.25) is 9.67 Å². The molecule has 1 aliphatic carbocycles. The Balaban J connectivity index is 1.67. The molecular formula is C15H27N5. The van der Waals surface area contributed by atoms with Gasteiger partial charge in [-0.05, 0) is 39.2 Å². The van der Waals surface area contributed by atoms with E-state index in [1.54, 1.807) is 0 Å². The molecular weight excluding hydrogens is 250 g/mol. The van der Waals surface area contributed by atoms with E-state index in [0.717, 1.165) is 31.2 Å². The summed E-state index contributed by atoms with van der Waals surface area (Å²) in [5, 5.41) is 11.4. The fourth-order valence-corrected chi connectivity index (χ4v) is 2.80. The highest BCUT2D eigenvalue weighted by molar-refractivity contribution is 5.79. The molecule has 0 atom stereocenters. The van der Waals surface area contributed by atoms with Gasteiger partial charge in [-0.2, -0.15) is 5.10 Å². The fraction of sp³-hybridized carbons (Fsp3) is 0.733. The van der Waals surface area contributed by atoms with Crippen LogP contribution in [0.5, 0.6) is 0 Å². The van der Waals surface area contributed by atoms with Crippen LogP contribution in [0, 0.1) is 13.8 Å². The maximum absolute atomic E-state index is 4.47. The number of rotatable bonds is 5. The monoisotopic (exact) mass is 277 g/mol. The van der Waals surface area contributed by atoms with Crippen molar-refractivity contribution in [3.63, 3.8) is 0 Å². The van der Waals surface area contributed by atoms with E-state index >= 15 is 0 Å². The van der Waals surface area contributed by atoms with Crippen LogP contribution in [0.1, 0.15) is 43.5 Å². The standard InChI is InChI=1S/C15H27N5/c1-12-11-13(2)20(19-12)10-6-9-17-15(16-3)18-14-7-4-5-8-14/h11,14H,4-10H2,1-3H3,(H2,16,17,18). The van der Waals surface area contributed by atoms with E-state index in [-0.39, 0.29) is 0 Å². The van der Waals surface area contributed by atoms with Crippen molar-refractivity contribution in [2.24, 2.45) is 4.99 Å². The van der Waals surface area contributed by atoms with Crippen molar-refractivity contribution in [2.45, 2.75) is 58.5 Å². The lowest BCUT2D eigenvalue weighted by atomic mass is 10.2. The first-order valence-corrected chi connectivity index (χ1v) is 7.67. The van der Waals surface area contributed by atoms with Crippen LogP contribution in [-0.2, 0) is 6.54 Å². The zero-order chi connectivity index (χ0) is 14.4. The van der Waals surface area contributed by atoms with Crippen molar-refractivity contribution < 1.29 is 0 Å². The first-order valence-electron chi connectivity index (χ1n) is 7.67. The predicted octanol–water partition coefficient (Wildman–Crippen LogP) is 2.00. The molecule has 0 spiro atoms. The average Bonchev–Trinajstić information content (AvgIpc) is 3.03. The topological polar surface area (TPSA) is 54.2 Å². The van der Waals surface area contributed by atoms with Gasteiger partial charge in [-0.1, -0.05) is 12.8 Å². The van der Waals surface area contributed by atoms with Gasteiger partial charge in [-0.15, -0.1) is 0 Å². The minimum atomic E-state index is 0.609. The van der Waals surface area contributed by atoms with Crippen LogP contribution in [0.4, 0.5) is 0 Å². The largest absolute Gasteiger partial charge is 0.356 e. The number of aromatic nitrogens is 2. The second-order valence-electron chi connectivity index (χ2n) is 5.63. The Kier molecular flexibility index (Phi) is 5.44. The molecule has 0 saturated heterocycles. The van der Waals surface area contributed by atoms with Crippen LogP contribution in [0.3, 0.4) is 0 Å². The van der Waals surface area contributed by atoms with E-state index in [9.17, 15) is 0 Å². The summed E-state index contributed by atoms with van der Waals surface area (Å²) in [4.78, 5) is 4.29. The highest BCUT2D eigenvalue weighted by Gasteiger charge is 2.15. The second-order valence-corrected chi connectivity index (χ2v) is 5.63. The van der Waals surface area contributed by atoms with Gasteiger partial charge >= 0.3 is 0 Å². The highest BCUT2D eigenvalue weighted by Crippen LogP contribution is 2.17. The third-order valence-electron chi connectivity index (χ3n) is 3.86. The molecule has 2 rings (SSSR count). The summed E-state index contributed by atoms with van der Waals surface area (Å²) in [6.45, 7) is 6.01. The summed E-state index contributed by atoms with van der Waals surface area (Å²) in [5.41, 5.74) is 2.32. The number of hydrogen-bond acceptors (Lipinski definition) is 2. The lowest BCUT2D eigenvalue weighted by Gasteiger charge is -2.16. The van der Waals surface area contributed by atoms with E-state index in [1.165, 1.54) is 31.4 Å². The second kappa shape index (κ2) is 7.31. The van der Waals surface area contributed by atoms with Gasteiger partial charge in [0.05, 0.1) is 5.69 Å². The Hall–Kier alpha value is -1.52. The molecule has 1 heterocycles. The van der Waals surface area contributed by atoms with E-state index in [0.29, 0.717) is 6.04 Å². The third-order valence-corrected chi connectivity index (χ3v) is 3.86. The molecule has 0 aliphatic heterocycles. The van der Waals surface area contributed by atoms with Crippen molar-refractivity contribution in [3.05, 3.63) is 17.5 Å². The zero-order valence-electron chi connectivity index (χ0n) is 12.9. The van der Waals surface area contributed by atoms with Crippen molar-refractivity contribution in [1.82, 2.24) is 20.4 Å². The lowest BCUT2D eigenvalue weighted by molar-refractivity contribution is 0.550. The number of nitrogens with one attached hydrogen (secondary N) is 2. The summed E-state index contributed by atoms with van der Waals surface area (Å²) in [7, 11) is 1.84. The van der Waals surface area contributed by atoms with Gasteiger partial charge < -0.3 is 10.6 Å². The first-order chi connectivity index (χ1) is 9.69. The third kappa shape index (κ3) is 4.25. The molecule has 1 aliphatic rings. The number of aryl methyl sites for hydroxylation is 3. The number of nitrogens with zero attached hydrogens (tertiary/aromatic N) is 3. The van der Waals surface area contributed by atoms with Crippen LogP contribution >= 0.6 is 0 Å². The smallest absolute Gasteiger partial charge is 0.191 e. The Morgan fingerprint density at radius 1 is 1.40 bits per heavy atom. The Labute approximate surface area is 121 Å². The number of aliphatic imine (C=N–C) groups is 1. The molecule has 1 fully saturated rings. The van der Waals surface area contributed by atoms with Crippen LogP contribution in [-0.4, -0.2) is 35.4 Å². The summed E-state index contributed by atoms with van der Waals surface area (Å²) in [6, 6.07) is 2.73. The van der Waals surface area contributed by atoms with Crippen LogP contribution in [0.2, 0.25) is 0 Å². The molecule has 1 saturated carbocycles. The van der Waals surface area contributed by atoms with Gasteiger partial charge in [-0.25, -0.2) is 0 Å². The SMILES string of the molecule is CN=C(NCCCn1nc(C)cc1C)NC1CCCC1. The summed E-state index contributed by atoms with van der Waals surface area (Å²) >= 11 is 0. The van der Waals surface area contributed by atoms with Gasteiger partial charge in [0.2, 0.25) is 0 Å². The normalized spacial score (nSPS) is 16.6. The van der Waals surface area contributed by atoms with Crippen molar-refractivity contribution in [1.29, 1.82) is 0 Å². The molecule has 0 unspecified atom stereocenters. The van der Waals surface area contributed by atoms with Crippen LogP contribution in [0.15, 0.2) is 11.1 Å². The first kappa shape index (κ1) is 14.9. The number of hydrogen-bond donors (Lipinski definition) is 2. The maximum Gasteiger partial charge on any atom is 0.191 e. The van der Waals surface area contributed by atoms with Gasteiger partial charge in [0.15, 0.2) is 5.96 Å². The van der Waals surface area contributed by atoms with E-state index < -0.39 is 0 Å². The molecule has 0 bridgehead atoms. The Bertz CT molecular complexity index is 443.